The third-order valence-electron chi connectivity index (χ3n) is 3.48. The first kappa shape index (κ1) is 13.2. The topological polar surface area (TPSA) is 86.7 Å². The predicted octanol–water partition coefficient (Wildman–Crippen LogP) is 1.63. The highest BCUT2D eigenvalue weighted by atomic mass is 16.3. The van der Waals surface area contributed by atoms with E-state index in [-0.39, 0.29) is 12.0 Å². The molecular weight excluding hydrogens is 294 g/mol. The number of pyridine rings is 1. The molecule has 7 nitrogen and oxygen atoms in total. The van der Waals surface area contributed by atoms with Crippen LogP contribution in [-0.4, -0.2) is 25.2 Å². The standard InChI is InChI=1S/C16H9N5O2/c1-2-8-21-15(18-19-20-21)10-5-6-13-12(9-10)14(22)11-4-3-7-17-16(11)23-13/h1,3-7,9H,8H2. The van der Waals surface area contributed by atoms with Crippen molar-refractivity contribution in [3.63, 3.8) is 0 Å². The summed E-state index contributed by atoms with van der Waals surface area (Å²) in [5.41, 5.74) is 1.32. The molecule has 3 heterocycles. The lowest BCUT2D eigenvalue weighted by atomic mass is 10.1. The van der Waals surface area contributed by atoms with Gasteiger partial charge in [0.1, 0.15) is 12.1 Å². The molecule has 0 spiro atoms. The quantitative estimate of drug-likeness (QED) is 0.413. The van der Waals surface area contributed by atoms with E-state index in [0.717, 1.165) is 0 Å². The smallest absolute Gasteiger partial charge is 0.230 e. The first-order valence-corrected chi connectivity index (χ1v) is 6.79. The van der Waals surface area contributed by atoms with Crippen molar-refractivity contribution >= 4 is 22.1 Å². The Labute approximate surface area is 129 Å². The van der Waals surface area contributed by atoms with Gasteiger partial charge in [-0.3, -0.25) is 4.79 Å². The van der Waals surface area contributed by atoms with Crippen LogP contribution in [0.3, 0.4) is 0 Å². The zero-order valence-corrected chi connectivity index (χ0v) is 11.8. The molecule has 0 aliphatic heterocycles. The number of rotatable bonds is 2. The second-order valence-electron chi connectivity index (χ2n) is 4.86. The molecule has 0 saturated heterocycles. The van der Waals surface area contributed by atoms with Gasteiger partial charge in [0.2, 0.25) is 11.1 Å². The second-order valence-corrected chi connectivity index (χ2v) is 4.86. The number of benzene rings is 1. The molecule has 0 saturated carbocycles. The Balaban J connectivity index is 1.99. The van der Waals surface area contributed by atoms with Crippen LogP contribution in [0, 0.1) is 12.3 Å². The first-order valence-electron chi connectivity index (χ1n) is 6.79. The highest BCUT2D eigenvalue weighted by molar-refractivity contribution is 5.90. The molecule has 0 unspecified atom stereocenters. The van der Waals surface area contributed by atoms with Crippen LogP contribution in [0.2, 0.25) is 0 Å². The predicted molar refractivity (Wildman–Crippen MR) is 83.4 cm³/mol. The number of aromatic nitrogens is 5. The van der Waals surface area contributed by atoms with E-state index in [2.05, 4.69) is 26.4 Å². The van der Waals surface area contributed by atoms with Crippen LogP contribution in [0.1, 0.15) is 0 Å². The molecule has 0 aliphatic rings. The Kier molecular flexibility index (Phi) is 2.88. The van der Waals surface area contributed by atoms with Gasteiger partial charge in [-0.25, -0.2) is 9.67 Å². The fourth-order valence-electron chi connectivity index (χ4n) is 2.43. The number of nitrogens with zero attached hydrogens (tertiary/aromatic N) is 5. The summed E-state index contributed by atoms with van der Waals surface area (Å²) in [6.07, 6.45) is 6.89. The van der Waals surface area contributed by atoms with Crippen molar-refractivity contribution in [3.05, 3.63) is 46.8 Å². The maximum atomic E-state index is 12.6. The van der Waals surface area contributed by atoms with Crippen LogP contribution in [-0.2, 0) is 6.54 Å². The van der Waals surface area contributed by atoms with Gasteiger partial charge in [0.15, 0.2) is 5.82 Å². The van der Waals surface area contributed by atoms with Crippen molar-refractivity contribution in [2.75, 3.05) is 0 Å². The van der Waals surface area contributed by atoms with E-state index in [9.17, 15) is 4.79 Å². The van der Waals surface area contributed by atoms with Crippen molar-refractivity contribution in [2.45, 2.75) is 6.54 Å². The Hall–Kier alpha value is -3.53. The van der Waals surface area contributed by atoms with E-state index >= 15 is 0 Å². The van der Waals surface area contributed by atoms with Crippen LogP contribution in [0.25, 0.3) is 33.5 Å². The molecule has 0 amide bonds. The fourth-order valence-corrected chi connectivity index (χ4v) is 2.43. The van der Waals surface area contributed by atoms with Gasteiger partial charge in [-0.05, 0) is 40.8 Å². The largest absolute Gasteiger partial charge is 0.437 e. The fraction of sp³-hybridized carbons (Fsp3) is 0.0625. The lowest BCUT2D eigenvalue weighted by Gasteiger charge is -2.04. The van der Waals surface area contributed by atoms with E-state index in [1.54, 1.807) is 36.5 Å². The third-order valence-corrected chi connectivity index (χ3v) is 3.48. The van der Waals surface area contributed by atoms with Crippen molar-refractivity contribution < 1.29 is 4.42 Å². The molecule has 1 aromatic carbocycles. The molecule has 0 N–H and O–H groups in total. The Bertz CT molecular complexity index is 1140. The van der Waals surface area contributed by atoms with Gasteiger partial charge in [0.05, 0.1) is 10.8 Å². The lowest BCUT2D eigenvalue weighted by Crippen LogP contribution is -2.04. The normalized spacial score (nSPS) is 10.9. The van der Waals surface area contributed by atoms with Gasteiger partial charge < -0.3 is 4.42 Å². The summed E-state index contributed by atoms with van der Waals surface area (Å²) in [5.74, 6) is 2.98. The summed E-state index contributed by atoms with van der Waals surface area (Å²) in [5, 5.41) is 12.3. The average Bonchev–Trinajstić information content (AvgIpc) is 3.04. The lowest BCUT2D eigenvalue weighted by molar-refractivity contribution is 0.644. The zero-order valence-electron chi connectivity index (χ0n) is 11.8. The van der Waals surface area contributed by atoms with E-state index in [0.29, 0.717) is 33.5 Å². The van der Waals surface area contributed by atoms with Crippen molar-refractivity contribution in [2.24, 2.45) is 0 Å². The molecule has 0 radical (unpaired) electrons. The van der Waals surface area contributed by atoms with E-state index < -0.39 is 0 Å². The highest BCUT2D eigenvalue weighted by Crippen LogP contribution is 2.23. The number of fused-ring (bicyclic) bond motifs is 2. The molecule has 7 heteroatoms. The van der Waals surface area contributed by atoms with E-state index in [1.807, 2.05) is 0 Å². The minimum Gasteiger partial charge on any atom is -0.437 e. The maximum Gasteiger partial charge on any atom is 0.230 e. The molecule has 0 bridgehead atoms. The summed E-state index contributed by atoms with van der Waals surface area (Å²) >= 11 is 0. The number of tetrazole rings is 1. The molecule has 4 aromatic rings. The Morgan fingerprint density at radius 1 is 1.26 bits per heavy atom. The van der Waals surface area contributed by atoms with Gasteiger partial charge in [-0.15, -0.1) is 11.5 Å². The molecule has 0 atom stereocenters. The summed E-state index contributed by atoms with van der Waals surface area (Å²) in [6, 6.07) is 8.56. The molecule has 110 valence electrons. The molecule has 23 heavy (non-hydrogen) atoms. The van der Waals surface area contributed by atoms with Crippen LogP contribution >= 0.6 is 0 Å². The van der Waals surface area contributed by atoms with Crippen LogP contribution in [0.4, 0.5) is 0 Å². The van der Waals surface area contributed by atoms with E-state index in [4.69, 9.17) is 10.8 Å². The minimum atomic E-state index is -0.146. The van der Waals surface area contributed by atoms with Gasteiger partial charge in [-0.1, -0.05) is 5.92 Å². The van der Waals surface area contributed by atoms with Crippen molar-refractivity contribution in [3.8, 4) is 23.7 Å². The minimum absolute atomic E-state index is 0.146. The SMILES string of the molecule is C#CCn1nnnc1-c1ccc2oc3ncccc3c(=O)c2c1. The number of hydrogen-bond acceptors (Lipinski definition) is 6. The monoisotopic (exact) mass is 303 g/mol. The van der Waals surface area contributed by atoms with E-state index in [1.165, 1.54) is 4.68 Å². The van der Waals surface area contributed by atoms with Crippen molar-refractivity contribution in [1.29, 1.82) is 0 Å². The maximum absolute atomic E-state index is 12.6. The molecule has 0 aliphatic carbocycles. The summed E-state index contributed by atoms with van der Waals surface area (Å²) in [4.78, 5) is 16.7. The molecular formula is C16H9N5O2. The Morgan fingerprint density at radius 2 is 2.17 bits per heavy atom. The summed E-state index contributed by atoms with van der Waals surface area (Å²) < 4.78 is 7.17. The summed E-state index contributed by atoms with van der Waals surface area (Å²) in [6.45, 7) is 0.247. The van der Waals surface area contributed by atoms with Gasteiger partial charge >= 0.3 is 0 Å². The number of terminal acetylenes is 1. The third kappa shape index (κ3) is 2.05. The molecule has 0 fully saturated rings. The molecule has 3 aromatic heterocycles. The first-order chi connectivity index (χ1) is 11.3. The van der Waals surface area contributed by atoms with Gasteiger partial charge in [-0.2, -0.15) is 0 Å². The second kappa shape index (κ2) is 5.03. The van der Waals surface area contributed by atoms with Crippen LogP contribution < -0.4 is 5.43 Å². The number of hydrogen-bond donors (Lipinski definition) is 0. The summed E-state index contributed by atoms with van der Waals surface area (Å²) in [7, 11) is 0. The van der Waals surface area contributed by atoms with Gasteiger partial charge in [0.25, 0.3) is 0 Å². The average molecular weight is 303 g/mol. The van der Waals surface area contributed by atoms with Crippen LogP contribution in [0.15, 0.2) is 45.7 Å². The van der Waals surface area contributed by atoms with Crippen LogP contribution in [0.5, 0.6) is 0 Å². The molecule has 4 rings (SSSR count). The Morgan fingerprint density at radius 3 is 3.04 bits per heavy atom. The zero-order chi connectivity index (χ0) is 15.8. The highest BCUT2D eigenvalue weighted by Gasteiger charge is 2.13. The van der Waals surface area contributed by atoms with Crippen molar-refractivity contribution in [1.82, 2.24) is 25.2 Å². The van der Waals surface area contributed by atoms with Gasteiger partial charge in [0, 0.05) is 11.8 Å².